The number of nitrogens with zero attached hydrogens (tertiary/aromatic N) is 4. The summed E-state index contributed by atoms with van der Waals surface area (Å²) in [6.07, 6.45) is 4.18. The summed E-state index contributed by atoms with van der Waals surface area (Å²) in [6, 6.07) is 1.95. The number of carbonyl (C=O) groups is 2. The van der Waals surface area contributed by atoms with Crippen LogP contribution in [-0.4, -0.2) is 36.5 Å². The molecule has 2 N–H and O–H groups in total. The molecular weight excluding hydrogens is 408 g/mol. The van der Waals surface area contributed by atoms with Crippen LogP contribution in [0.15, 0.2) is 27.4 Å². The minimum atomic E-state index is -0.436. The largest absolute Gasteiger partial charge is 0.349 e. The number of anilines is 1. The van der Waals surface area contributed by atoms with Gasteiger partial charge in [-0.2, -0.15) is 0 Å². The predicted molar refractivity (Wildman–Crippen MR) is 113 cm³/mol. The summed E-state index contributed by atoms with van der Waals surface area (Å²) in [5.41, 5.74) is 0.273. The van der Waals surface area contributed by atoms with E-state index in [0.717, 1.165) is 17.4 Å². The first-order valence-corrected chi connectivity index (χ1v) is 10.5. The van der Waals surface area contributed by atoms with E-state index >= 15 is 0 Å². The van der Waals surface area contributed by atoms with Crippen LogP contribution in [0.2, 0.25) is 0 Å². The van der Waals surface area contributed by atoms with E-state index in [1.54, 1.807) is 23.1 Å². The van der Waals surface area contributed by atoms with Crippen molar-refractivity contribution in [3.05, 3.63) is 44.2 Å². The van der Waals surface area contributed by atoms with Crippen molar-refractivity contribution in [3.63, 3.8) is 0 Å². The zero-order valence-electron chi connectivity index (χ0n) is 16.7. The molecule has 3 aromatic rings. The molecule has 0 bridgehead atoms. The summed E-state index contributed by atoms with van der Waals surface area (Å²) in [5, 5.41) is 8.03. The van der Waals surface area contributed by atoms with Gasteiger partial charge in [0.1, 0.15) is 5.00 Å². The van der Waals surface area contributed by atoms with Gasteiger partial charge in [-0.15, -0.1) is 11.3 Å². The number of aryl methyl sites for hydroxylation is 2. The highest BCUT2D eigenvalue weighted by molar-refractivity contribution is 7.14. The summed E-state index contributed by atoms with van der Waals surface area (Å²) in [4.78, 5) is 53.2. The van der Waals surface area contributed by atoms with E-state index < -0.39 is 11.2 Å². The molecule has 2 amide bonds. The molecular formula is C19H22N6O4S. The molecule has 1 aliphatic rings. The lowest BCUT2D eigenvalue weighted by molar-refractivity contribution is -0.116. The van der Waals surface area contributed by atoms with E-state index in [1.807, 2.05) is 0 Å². The number of hydrogen-bond acceptors (Lipinski definition) is 6. The Morgan fingerprint density at radius 3 is 2.73 bits per heavy atom. The van der Waals surface area contributed by atoms with Gasteiger partial charge in [-0.3, -0.25) is 23.5 Å². The van der Waals surface area contributed by atoms with Crippen molar-refractivity contribution >= 4 is 39.3 Å². The molecule has 1 saturated carbocycles. The second-order valence-electron chi connectivity index (χ2n) is 7.38. The molecule has 4 rings (SSSR count). The molecule has 1 aliphatic carbocycles. The molecule has 30 heavy (non-hydrogen) atoms. The monoisotopic (exact) mass is 430 g/mol. The maximum atomic E-state index is 12.4. The zero-order chi connectivity index (χ0) is 21.4. The van der Waals surface area contributed by atoms with Crippen LogP contribution in [0.3, 0.4) is 0 Å². The second kappa shape index (κ2) is 7.90. The van der Waals surface area contributed by atoms with Gasteiger partial charge in [0.05, 0.1) is 11.9 Å². The van der Waals surface area contributed by atoms with E-state index in [9.17, 15) is 19.2 Å². The van der Waals surface area contributed by atoms with Crippen LogP contribution in [0.4, 0.5) is 5.00 Å². The van der Waals surface area contributed by atoms with Crippen LogP contribution in [0.25, 0.3) is 11.2 Å². The second-order valence-corrected chi connectivity index (χ2v) is 8.29. The number of carbonyl (C=O) groups excluding carboxylic acids is 2. The number of rotatable bonds is 7. The average molecular weight is 430 g/mol. The standard InChI is InChI=1S/C19H22N6O4S/c1-23-15-14(18(28)24(2)19(23)29)25(10-20-15)8-3-4-13(26)22-17-12(7-9-30-17)16(27)21-11-5-6-11/h7,9-11H,3-6,8H2,1-2H3,(H,21,27)(H,22,26). The van der Waals surface area contributed by atoms with Gasteiger partial charge in [-0.25, -0.2) is 9.78 Å². The summed E-state index contributed by atoms with van der Waals surface area (Å²) in [7, 11) is 2.99. The molecule has 3 heterocycles. The fourth-order valence-corrected chi connectivity index (χ4v) is 4.04. The summed E-state index contributed by atoms with van der Waals surface area (Å²) in [5.74, 6) is -0.372. The summed E-state index contributed by atoms with van der Waals surface area (Å²) < 4.78 is 4.02. The minimum Gasteiger partial charge on any atom is -0.349 e. The van der Waals surface area contributed by atoms with Crippen molar-refractivity contribution in [2.45, 2.75) is 38.3 Å². The average Bonchev–Trinajstić information content (AvgIpc) is 3.24. The normalized spacial score (nSPS) is 13.5. The molecule has 158 valence electrons. The van der Waals surface area contributed by atoms with Crippen LogP contribution in [0.1, 0.15) is 36.0 Å². The van der Waals surface area contributed by atoms with E-state index in [4.69, 9.17) is 0 Å². The number of aromatic nitrogens is 4. The van der Waals surface area contributed by atoms with E-state index in [0.29, 0.717) is 34.7 Å². The Hall–Kier alpha value is -3.21. The summed E-state index contributed by atoms with van der Waals surface area (Å²) in [6.45, 7) is 0.400. The Morgan fingerprint density at radius 2 is 2.00 bits per heavy atom. The number of nitrogens with one attached hydrogen (secondary N) is 2. The fraction of sp³-hybridized carbons (Fsp3) is 0.421. The molecule has 10 nitrogen and oxygen atoms in total. The number of thiophene rings is 1. The molecule has 1 fully saturated rings. The molecule has 0 aliphatic heterocycles. The SMILES string of the molecule is Cn1c(=O)c2c(ncn2CCCC(=O)Nc2sccc2C(=O)NC2CC2)n(C)c1=O. The highest BCUT2D eigenvalue weighted by Gasteiger charge is 2.25. The molecule has 0 saturated heterocycles. The van der Waals surface area contributed by atoms with Crippen molar-refractivity contribution in [1.29, 1.82) is 0 Å². The molecule has 3 aromatic heterocycles. The van der Waals surface area contributed by atoms with Gasteiger partial charge >= 0.3 is 5.69 Å². The third kappa shape index (κ3) is 3.80. The predicted octanol–water partition coefficient (Wildman–Crippen LogP) is 0.806. The highest BCUT2D eigenvalue weighted by Crippen LogP contribution is 2.26. The van der Waals surface area contributed by atoms with Crippen LogP contribution >= 0.6 is 11.3 Å². The molecule has 0 radical (unpaired) electrons. The van der Waals surface area contributed by atoms with Crippen LogP contribution < -0.4 is 21.9 Å². The molecule has 11 heteroatoms. The topological polar surface area (TPSA) is 120 Å². The van der Waals surface area contributed by atoms with Gasteiger partial charge in [-0.05, 0) is 30.7 Å². The van der Waals surface area contributed by atoms with Gasteiger partial charge in [0, 0.05) is 33.1 Å². The Morgan fingerprint density at radius 1 is 1.23 bits per heavy atom. The van der Waals surface area contributed by atoms with Crippen LogP contribution in [0, 0.1) is 0 Å². The van der Waals surface area contributed by atoms with E-state index in [-0.39, 0.29) is 24.3 Å². The highest BCUT2D eigenvalue weighted by atomic mass is 32.1. The third-order valence-electron chi connectivity index (χ3n) is 5.10. The maximum absolute atomic E-state index is 12.4. The van der Waals surface area contributed by atoms with Crippen molar-refractivity contribution < 1.29 is 9.59 Å². The Balaban J connectivity index is 1.39. The van der Waals surface area contributed by atoms with Crippen molar-refractivity contribution in [3.8, 4) is 0 Å². The van der Waals surface area contributed by atoms with Gasteiger partial charge in [0.15, 0.2) is 11.2 Å². The number of amides is 2. The fourth-order valence-electron chi connectivity index (χ4n) is 3.24. The van der Waals surface area contributed by atoms with Crippen LogP contribution in [-0.2, 0) is 25.4 Å². The summed E-state index contributed by atoms with van der Waals surface area (Å²) >= 11 is 1.31. The molecule has 0 aromatic carbocycles. The Kier molecular flexibility index (Phi) is 5.29. The van der Waals surface area contributed by atoms with Gasteiger partial charge in [-0.1, -0.05) is 0 Å². The van der Waals surface area contributed by atoms with Gasteiger partial charge < -0.3 is 15.2 Å². The number of imidazole rings is 1. The van der Waals surface area contributed by atoms with E-state index in [1.165, 1.54) is 29.3 Å². The molecule has 0 spiro atoms. The lowest BCUT2D eigenvalue weighted by Gasteiger charge is -2.08. The molecule has 0 atom stereocenters. The zero-order valence-corrected chi connectivity index (χ0v) is 17.5. The molecule has 0 unspecified atom stereocenters. The number of hydrogen-bond donors (Lipinski definition) is 2. The first-order chi connectivity index (χ1) is 14.4. The Bertz CT molecular complexity index is 1250. The van der Waals surface area contributed by atoms with E-state index in [2.05, 4.69) is 15.6 Å². The van der Waals surface area contributed by atoms with Crippen molar-refractivity contribution in [1.82, 2.24) is 24.0 Å². The van der Waals surface area contributed by atoms with Crippen LogP contribution in [0.5, 0.6) is 0 Å². The van der Waals surface area contributed by atoms with Gasteiger partial charge in [0.25, 0.3) is 11.5 Å². The lowest BCUT2D eigenvalue weighted by Crippen LogP contribution is -2.37. The number of fused-ring (bicyclic) bond motifs is 1. The lowest BCUT2D eigenvalue weighted by atomic mass is 10.2. The minimum absolute atomic E-state index is 0.166. The Labute approximate surface area is 175 Å². The van der Waals surface area contributed by atoms with Crippen molar-refractivity contribution in [2.75, 3.05) is 5.32 Å². The third-order valence-corrected chi connectivity index (χ3v) is 5.93. The van der Waals surface area contributed by atoms with Gasteiger partial charge in [0.2, 0.25) is 5.91 Å². The smallest absolute Gasteiger partial charge is 0.332 e. The first kappa shape index (κ1) is 20.1. The quantitative estimate of drug-likeness (QED) is 0.575. The first-order valence-electron chi connectivity index (χ1n) is 9.66. The maximum Gasteiger partial charge on any atom is 0.332 e. The van der Waals surface area contributed by atoms with Crippen molar-refractivity contribution in [2.24, 2.45) is 14.1 Å².